The monoisotopic (exact) mass is 320 g/mol. The maximum absolute atomic E-state index is 12.0. The minimum absolute atomic E-state index is 0.373. The first kappa shape index (κ1) is 15.4. The SMILES string of the molecule is Cc1cc(S(=O)(=O)Cl)c([N+](=O)[O-])nc1OC(F)(F)F. The van der Waals surface area contributed by atoms with Crippen LogP contribution in [0, 0.1) is 17.0 Å². The first-order chi connectivity index (χ1) is 8.42. The van der Waals surface area contributed by atoms with Crippen molar-refractivity contribution in [2.45, 2.75) is 18.2 Å². The Bertz CT molecular complexity index is 630. The average Bonchev–Trinajstić information content (AvgIpc) is 2.16. The molecule has 0 amide bonds. The molecule has 1 rings (SSSR count). The van der Waals surface area contributed by atoms with E-state index in [2.05, 4.69) is 9.72 Å². The van der Waals surface area contributed by atoms with Gasteiger partial charge in [0.05, 0.1) is 0 Å². The first-order valence-corrected chi connectivity index (χ1v) is 6.59. The topological polar surface area (TPSA) is 99.4 Å². The zero-order valence-electron chi connectivity index (χ0n) is 8.93. The molecule has 106 valence electrons. The second kappa shape index (κ2) is 4.81. The van der Waals surface area contributed by atoms with Crippen molar-refractivity contribution in [1.82, 2.24) is 4.98 Å². The molecule has 12 heteroatoms. The Morgan fingerprint density at radius 3 is 2.37 bits per heavy atom. The van der Waals surface area contributed by atoms with E-state index in [0.717, 1.165) is 6.92 Å². The fourth-order valence-corrected chi connectivity index (χ4v) is 2.08. The molecular weight excluding hydrogens is 317 g/mol. The van der Waals surface area contributed by atoms with Crippen LogP contribution in [0.4, 0.5) is 19.0 Å². The minimum Gasteiger partial charge on any atom is -0.366 e. The zero-order chi connectivity index (χ0) is 15.0. The number of alkyl halides is 3. The van der Waals surface area contributed by atoms with Gasteiger partial charge in [0.25, 0.3) is 9.05 Å². The molecular formula is C7H4ClF3N2O5S. The lowest BCUT2D eigenvalue weighted by Crippen LogP contribution is -2.19. The van der Waals surface area contributed by atoms with Crippen molar-refractivity contribution >= 4 is 25.6 Å². The van der Waals surface area contributed by atoms with E-state index in [1.165, 1.54) is 0 Å². The van der Waals surface area contributed by atoms with Gasteiger partial charge in [-0.1, -0.05) is 0 Å². The zero-order valence-corrected chi connectivity index (χ0v) is 10.5. The molecule has 0 N–H and O–H groups in total. The fraction of sp³-hybridized carbons (Fsp3) is 0.286. The van der Waals surface area contributed by atoms with Crippen molar-refractivity contribution in [2.24, 2.45) is 0 Å². The highest BCUT2D eigenvalue weighted by atomic mass is 35.7. The molecule has 0 radical (unpaired) electrons. The number of halogens is 4. The lowest BCUT2D eigenvalue weighted by Gasteiger charge is -2.08. The molecule has 0 atom stereocenters. The quantitative estimate of drug-likeness (QED) is 0.480. The van der Waals surface area contributed by atoms with Crippen LogP contribution in [0.1, 0.15) is 5.56 Å². The van der Waals surface area contributed by atoms with E-state index in [1.807, 2.05) is 0 Å². The molecule has 0 unspecified atom stereocenters. The minimum atomic E-state index is -5.12. The number of hydrogen-bond donors (Lipinski definition) is 0. The van der Waals surface area contributed by atoms with Crippen molar-refractivity contribution in [3.63, 3.8) is 0 Å². The highest BCUT2D eigenvalue weighted by Gasteiger charge is 2.37. The van der Waals surface area contributed by atoms with Gasteiger partial charge >= 0.3 is 18.1 Å². The lowest BCUT2D eigenvalue weighted by atomic mass is 10.3. The van der Waals surface area contributed by atoms with Gasteiger partial charge in [-0.25, -0.2) is 8.42 Å². The van der Waals surface area contributed by atoms with Gasteiger partial charge in [0.15, 0.2) is 4.90 Å². The van der Waals surface area contributed by atoms with Crippen LogP contribution in [0.2, 0.25) is 0 Å². The van der Waals surface area contributed by atoms with Crippen LogP contribution in [-0.4, -0.2) is 24.7 Å². The van der Waals surface area contributed by atoms with E-state index in [0.29, 0.717) is 6.07 Å². The molecule has 1 aromatic rings. The van der Waals surface area contributed by atoms with Crippen LogP contribution >= 0.6 is 10.7 Å². The summed E-state index contributed by atoms with van der Waals surface area (Å²) >= 11 is 0. The summed E-state index contributed by atoms with van der Waals surface area (Å²) < 4.78 is 61.6. The molecule has 0 aliphatic heterocycles. The summed E-state index contributed by atoms with van der Waals surface area (Å²) in [7, 11) is 0.400. The Labute approximate surface area is 108 Å². The predicted molar refractivity (Wildman–Crippen MR) is 55.4 cm³/mol. The second-order valence-corrected chi connectivity index (χ2v) is 5.71. The van der Waals surface area contributed by atoms with Gasteiger partial charge < -0.3 is 14.9 Å². The molecule has 0 aromatic carbocycles. The summed E-state index contributed by atoms with van der Waals surface area (Å²) in [5.41, 5.74) is -0.373. The number of hydrogen-bond acceptors (Lipinski definition) is 6. The van der Waals surface area contributed by atoms with Crippen molar-refractivity contribution in [1.29, 1.82) is 0 Å². The summed E-state index contributed by atoms with van der Waals surface area (Å²) in [5.74, 6) is -2.47. The number of ether oxygens (including phenoxy) is 1. The van der Waals surface area contributed by atoms with Gasteiger partial charge in [0.1, 0.15) is 0 Å². The molecule has 1 aromatic heterocycles. The number of aromatic nitrogens is 1. The molecule has 0 spiro atoms. The summed E-state index contributed by atoms with van der Waals surface area (Å²) in [4.78, 5) is 11.2. The van der Waals surface area contributed by atoms with Crippen LogP contribution < -0.4 is 4.74 Å². The number of rotatable bonds is 3. The Morgan fingerprint density at radius 1 is 1.47 bits per heavy atom. The fourth-order valence-electron chi connectivity index (χ4n) is 1.09. The summed E-state index contributed by atoms with van der Waals surface area (Å²) in [5, 5.41) is 10.6. The van der Waals surface area contributed by atoms with Gasteiger partial charge in [-0.3, -0.25) is 0 Å². The van der Waals surface area contributed by atoms with Gasteiger partial charge in [-0.2, -0.15) is 0 Å². The smallest absolute Gasteiger partial charge is 0.366 e. The molecule has 0 aliphatic rings. The molecule has 0 aliphatic carbocycles. The third-order valence-corrected chi connectivity index (χ3v) is 3.09. The normalized spacial score (nSPS) is 12.3. The maximum atomic E-state index is 12.0. The van der Waals surface area contributed by atoms with Crippen molar-refractivity contribution in [2.75, 3.05) is 0 Å². The third-order valence-electron chi connectivity index (χ3n) is 1.76. The number of pyridine rings is 1. The number of nitro groups is 1. The molecule has 19 heavy (non-hydrogen) atoms. The van der Waals surface area contributed by atoms with Gasteiger partial charge in [-0.05, 0) is 17.9 Å². The lowest BCUT2D eigenvalue weighted by molar-refractivity contribution is -0.393. The Balaban J connectivity index is 3.50. The molecule has 0 bridgehead atoms. The summed E-state index contributed by atoms with van der Waals surface area (Å²) in [6, 6.07) is 0.578. The van der Waals surface area contributed by atoms with Crippen molar-refractivity contribution in [3.8, 4) is 5.88 Å². The van der Waals surface area contributed by atoms with E-state index < -0.39 is 36.9 Å². The van der Waals surface area contributed by atoms with Crippen LogP contribution in [-0.2, 0) is 9.05 Å². The van der Waals surface area contributed by atoms with Crippen LogP contribution in [0.3, 0.4) is 0 Å². The summed E-state index contributed by atoms with van der Waals surface area (Å²) in [6.45, 7) is 1.03. The van der Waals surface area contributed by atoms with E-state index in [9.17, 15) is 31.7 Å². The highest BCUT2D eigenvalue weighted by molar-refractivity contribution is 8.13. The van der Waals surface area contributed by atoms with E-state index in [4.69, 9.17) is 10.7 Å². The molecule has 1 heterocycles. The standard InChI is InChI=1S/C7H4ClF3N2O5S/c1-3-2-4(19(8,16)17)5(13(14)15)12-6(3)18-7(9,10)11/h2H,1H3. The maximum Gasteiger partial charge on any atom is 0.575 e. The van der Waals surface area contributed by atoms with E-state index in [-0.39, 0.29) is 5.56 Å². The van der Waals surface area contributed by atoms with Crippen LogP contribution in [0.25, 0.3) is 0 Å². The van der Waals surface area contributed by atoms with E-state index >= 15 is 0 Å². The Kier molecular flexibility index (Phi) is 3.91. The van der Waals surface area contributed by atoms with Crippen molar-refractivity contribution < 1.29 is 31.2 Å². The predicted octanol–water partition coefficient (Wildman–Crippen LogP) is 2.12. The number of nitrogens with zero attached hydrogens (tertiary/aromatic N) is 2. The van der Waals surface area contributed by atoms with Gasteiger partial charge in [0.2, 0.25) is 0 Å². The molecule has 0 fully saturated rings. The van der Waals surface area contributed by atoms with Crippen molar-refractivity contribution in [3.05, 3.63) is 21.7 Å². The molecule has 0 saturated heterocycles. The largest absolute Gasteiger partial charge is 0.575 e. The highest BCUT2D eigenvalue weighted by Crippen LogP contribution is 2.32. The molecule has 0 saturated carbocycles. The van der Waals surface area contributed by atoms with Crippen LogP contribution in [0.15, 0.2) is 11.0 Å². The Morgan fingerprint density at radius 2 is 2.00 bits per heavy atom. The van der Waals surface area contributed by atoms with Crippen LogP contribution in [0.5, 0.6) is 5.88 Å². The summed E-state index contributed by atoms with van der Waals surface area (Å²) in [6.07, 6.45) is -5.12. The first-order valence-electron chi connectivity index (χ1n) is 4.28. The molecule has 7 nitrogen and oxygen atoms in total. The number of aryl methyl sites for hydroxylation is 1. The van der Waals surface area contributed by atoms with Gasteiger partial charge in [0, 0.05) is 21.2 Å². The average molecular weight is 321 g/mol. The van der Waals surface area contributed by atoms with Gasteiger partial charge in [-0.15, -0.1) is 13.2 Å². The van der Waals surface area contributed by atoms with E-state index in [1.54, 1.807) is 0 Å². The second-order valence-electron chi connectivity index (χ2n) is 3.17. The third kappa shape index (κ3) is 3.92. The Hall–Kier alpha value is -1.62.